The lowest BCUT2D eigenvalue weighted by molar-refractivity contribution is -0.138. The standard InChI is InChI=1S/C30H31N3O4/c1-20-7-5-9-25(17-20)28-26(29(34)36-4)21(2)32-22(3)27(28)30(35)37-16-6-8-23-10-12-24(13-11-23)18-33-15-14-31-19-33/h5-15,17,19,28,32H,16,18H2,1-4H3. The number of nitrogens with zero attached hydrogens (tertiary/aromatic N) is 2. The monoisotopic (exact) mass is 497 g/mol. The van der Waals surface area contributed by atoms with Crippen molar-refractivity contribution in [2.24, 2.45) is 0 Å². The van der Waals surface area contributed by atoms with Crippen LogP contribution in [0.15, 0.2) is 95.9 Å². The Balaban J connectivity index is 1.47. The molecule has 7 nitrogen and oxygen atoms in total. The van der Waals surface area contributed by atoms with E-state index in [9.17, 15) is 9.59 Å². The second kappa shape index (κ2) is 11.6. The van der Waals surface area contributed by atoms with Crippen molar-refractivity contribution in [3.05, 3.63) is 118 Å². The van der Waals surface area contributed by atoms with Gasteiger partial charge in [-0.05, 0) is 43.5 Å². The maximum Gasteiger partial charge on any atom is 0.337 e. The number of carbonyl (C=O) groups is 2. The van der Waals surface area contributed by atoms with Crippen LogP contribution in [0.2, 0.25) is 0 Å². The summed E-state index contributed by atoms with van der Waals surface area (Å²) >= 11 is 0. The fourth-order valence-corrected chi connectivity index (χ4v) is 4.54. The van der Waals surface area contributed by atoms with E-state index in [-0.39, 0.29) is 6.61 Å². The van der Waals surface area contributed by atoms with Crippen molar-refractivity contribution in [2.75, 3.05) is 13.7 Å². The van der Waals surface area contributed by atoms with Gasteiger partial charge in [0.25, 0.3) is 0 Å². The number of hydrogen-bond donors (Lipinski definition) is 1. The van der Waals surface area contributed by atoms with Gasteiger partial charge in [-0.15, -0.1) is 0 Å². The van der Waals surface area contributed by atoms with Gasteiger partial charge in [-0.25, -0.2) is 14.6 Å². The first-order valence-corrected chi connectivity index (χ1v) is 12.1. The first-order valence-electron chi connectivity index (χ1n) is 12.1. The van der Waals surface area contributed by atoms with Crippen molar-refractivity contribution in [1.29, 1.82) is 0 Å². The predicted molar refractivity (Wildman–Crippen MR) is 142 cm³/mol. The van der Waals surface area contributed by atoms with Crippen LogP contribution in [0.1, 0.15) is 42.0 Å². The number of allylic oxidation sites excluding steroid dienone is 2. The molecule has 1 unspecified atom stereocenters. The Morgan fingerprint density at radius 3 is 2.41 bits per heavy atom. The fraction of sp³-hybridized carbons (Fsp3) is 0.233. The van der Waals surface area contributed by atoms with E-state index in [4.69, 9.17) is 9.47 Å². The summed E-state index contributed by atoms with van der Waals surface area (Å²) in [6, 6.07) is 15.9. The van der Waals surface area contributed by atoms with E-state index in [2.05, 4.69) is 22.4 Å². The van der Waals surface area contributed by atoms with E-state index >= 15 is 0 Å². The van der Waals surface area contributed by atoms with E-state index in [1.165, 1.54) is 12.7 Å². The molecular weight excluding hydrogens is 466 g/mol. The number of methoxy groups -OCH3 is 1. The summed E-state index contributed by atoms with van der Waals surface area (Å²) in [5.74, 6) is -1.55. The summed E-state index contributed by atoms with van der Waals surface area (Å²) in [6.45, 7) is 6.46. The molecule has 0 bridgehead atoms. The van der Waals surface area contributed by atoms with Gasteiger partial charge in [0.2, 0.25) is 0 Å². The normalized spacial score (nSPS) is 15.6. The van der Waals surface area contributed by atoms with Gasteiger partial charge in [-0.1, -0.05) is 60.2 Å². The summed E-state index contributed by atoms with van der Waals surface area (Å²) in [6.07, 6.45) is 9.19. The zero-order valence-corrected chi connectivity index (χ0v) is 21.5. The van der Waals surface area contributed by atoms with Crippen molar-refractivity contribution < 1.29 is 19.1 Å². The van der Waals surface area contributed by atoms with Crippen molar-refractivity contribution in [1.82, 2.24) is 14.9 Å². The molecule has 2 aromatic carbocycles. The molecule has 0 spiro atoms. The Morgan fingerprint density at radius 1 is 1.03 bits per heavy atom. The van der Waals surface area contributed by atoms with Crippen molar-refractivity contribution in [3.8, 4) is 0 Å². The van der Waals surface area contributed by atoms with Crippen LogP contribution in [-0.2, 0) is 25.6 Å². The van der Waals surface area contributed by atoms with E-state index in [0.717, 1.165) is 23.2 Å². The third kappa shape index (κ3) is 6.06. The van der Waals surface area contributed by atoms with Gasteiger partial charge in [-0.2, -0.15) is 0 Å². The van der Waals surface area contributed by atoms with Crippen LogP contribution in [0.25, 0.3) is 6.08 Å². The smallest absolute Gasteiger partial charge is 0.337 e. The Bertz CT molecular complexity index is 1370. The molecule has 2 heterocycles. The second-order valence-electron chi connectivity index (χ2n) is 9.02. The Kier molecular flexibility index (Phi) is 8.03. The average Bonchev–Trinajstić information content (AvgIpc) is 3.39. The molecule has 4 rings (SSSR count). The SMILES string of the molecule is COC(=O)C1=C(C)NC(C)=C(C(=O)OCC=Cc2ccc(Cn3ccnc3)cc2)C1c1cccc(C)c1. The van der Waals surface area contributed by atoms with E-state index < -0.39 is 17.9 Å². The van der Waals surface area contributed by atoms with Crippen LogP contribution < -0.4 is 5.32 Å². The number of hydrogen-bond acceptors (Lipinski definition) is 6. The Hall–Kier alpha value is -4.39. The number of imidazole rings is 1. The number of dihydropyridines is 1. The highest BCUT2D eigenvalue weighted by Gasteiger charge is 2.37. The van der Waals surface area contributed by atoms with E-state index in [1.54, 1.807) is 18.6 Å². The number of nitrogens with one attached hydrogen (secondary N) is 1. The van der Waals surface area contributed by atoms with Gasteiger partial charge < -0.3 is 19.4 Å². The molecule has 0 radical (unpaired) electrons. The minimum absolute atomic E-state index is 0.100. The zero-order valence-electron chi connectivity index (χ0n) is 21.5. The summed E-state index contributed by atoms with van der Waals surface area (Å²) in [7, 11) is 1.34. The van der Waals surface area contributed by atoms with Gasteiger partial charge in [0.1, 0.15) is 6.61 Å². The minimum Gasteiger partial charge on any atom is -0.466 e. The van der Waals surface area contributed by atoms with Crippen LogP contribution in [0.5, 0.6) is 0 Å². The molecule has 0 amide bonds. The summed E-state index contributed by atoms with van der Waals surface area (Å²) in [4.78, 5) is 30.1. The number of aromatic nitrogens is 2. The minimum atomic E-state index is -0.590. The van der Waals surface area contributed by atoms with Gasteiger partial charge >= 0.3 is 11.9 Å². The first kappa shape index (κ1) is 25.7. The molecule has 1 N–H and O–H groups in total. The highest BCUT2D eigenvalue weighted by molar-refractivity contribution is 5.99. The molecule has 1 aliphatic heterocycles. The summed E-state index contributed by atoms with van der Waals surface area (Å²) < 4.78 is 12.7. The molecule has 1 aromatic heterocycles. The number of esters is 2. The zero-order chi connectivity index (χ0) is 26.4. The maximum absolute atomic E-state index is 13.3. The highest BCUT2D eigenvalue weighted by atomic mass is 16.5. The Labute approximate surface area is 217 Å². The third-order valence-corrected chi connectivity index (χ3v) is 6.29. The summed E-state index contributed by atoms with van der Waals surface area (Å²) in [5.41, 5.74) is 6.14. The van der Waals surface area contributed by atoms with Crippen molar-refractivity contribution in [3.63, 3.8) is 0 Å². The van der Waals surface area contributed by atoms with Gasteiger partial charge in [-0.3, -0.25) is 0 Å². The molecular formula is C30H31N3O4. The van der Waals surface area contributed by atoms with E-state index in [1.807, 2.05) is 74.0 Å². The number of ether oxygens (including phenoxy) is 2. The van der Waals surface area contributed by atoms with Gasteiger partial charge in [0.15, 0.2) is 0 Å². The number of aryl methyl sites for hydroxylation is 1. The molecule has 0 saturated carbocycles. The number of rotatable bonds is 8. The molecule has 1 atom stereocenters. The Morgan fingerprint density at radius 2 is 1.76 bits per heavy atom. The van der Waals surface area contributed by atoms with E-state index in [0.29, 0.717) is 22.5 Å². The lowest BCUT2D eigenvalue weighted by Gasteiger charge is -2.30. The fourth-order valence-electron chi connectivity index (χ4n) is 4.54. The number of benzene rings is 2. The average molecular weight is 498 g/mol. The molecule has 37 heavy (non-hydrogen) atoms. The lowest BCUT2D eigenvalue weighted by Crippen LogP contribution is -2.32. The largest absolute Gasteiger partial charge is 0.466 e. The predicted octanol–water partition coefficient (Wildman–Crippen LogP) is 4.90. The topological polar surface area (TPSA) is 82.5 Å². The number of carbonyl (C=O) groups excluding carboxylic acids is 2. The van der Waals surface area contributed by atoms with Crippen molar-refractivity contribution >= 4 is 18.0 Å². The molecule has 7 heteroatoms. The van der Waals surface area contributed by atoms with Crippen LogP contribution >= 0.6 is 0 Å². The summed E-state index contributed by atoms with van der Waals surface area (Å²) in [5, 5.41) is 3.16. The molecule has 3 aromatic rings. The lowest BCUT2D eigenvalue weighted by atomic mass is 9.80. The quantitative estimate of drug-likeness (QED) is 0.446. The second-order valence-corrected chi connectivity index (χ2v) is 9.02. The van der Waals surface area contributed by atoms with Crippen LogP contribution in [0.4, 0.5) is 0 Å². The molecule has 1 aliphatic rings. The van der Waals surface area contributed by atoms with Crippen LogP contribution in [0.3, 0.4) is 0 Å². The van der Waals surface area contributed by atoms with Gasteiger partial charge in [0, 0.05) is 30.3 Å². The van der Waals surface area contributed by atoms with Crippen molar-refractivity contribution in [2.45, 2.75) is 33.2 Å². The third-order valence-electron chi connectivity index (χ3n) is 6.29. The molecule has 190 valence electrons. The molecule has 0 fully saturated rings. The maximum atomic E-state index is 13.3. The highest BCUT2D eigenvalue weighted by Crippen LogP contribution is 2.39. The molecule has 0 saturated heterocycles. The van der Waals surface area contributed by atoms with Crippen LogP contribution in [0, 0.1) is 6.92 Å². The van der Waals surface area contributed by atoms with Gasteiger partial charge in [0.05, 0.1) is 30.5 Å². The van der Waals surface area contributed by atoms with Crippen LogP contribution in [-0.4, -0.2) is 35.2 Å². The first-order chi connectivity index (χ1) is 17.9. The molecule has 0 aliphatic carbocycles.